The van der Waals surface area contributed by atoms with Crippen LogP contribution in [0.15, 0.2) is 0 Å². The summed E-state index contributed by atoms with van der Waals surface area (Å²) in [6.45, 7) is 18.4. The van der Waals surface area contributed by atoms with Gasteiger partial charge in [-0.05, 0) is 74.7 Å². The van der Waals surface area contributed by atoms with Gasteiger partial charge >= 0.3 is 7.82 Å². The van der Waals surface area contributed by atoms with Gasteiger partial charge in [0.15, 0.2) is 0 Å². The summed E-state index contributed by atoms with van der Waals surface area (Å²) in [4.78, 5) is 0. The van der Waals surface area contributed by atoms with E-state index in [1.807, 2.05) is 19.9 Å². The van der Waals surface area contributed by atoms with Crippen LogP contribution in [0.1, 0.15) is 118 Å². The highest BCUT2D eigenvalue weighted by Crippen LogP contribution is 2.53. The quantitative estimate of drug-likeness (QED) is 0.117. The average Bonchev–Trinajstić information content (AvgIpc) is 3.47. The lowest BCUT2D eigenvalue weighted by molar-refractivity contribution is 0.0156. The second-order valence-corrected chi connectivity index (χ2v) is 14.2. The molecule has 0 bridgehead atoms. The predicted molar refractivity (Wildman–Crippen MR) is 178 cm³/mol. The van der Waals surface area contributed by atoms with Crippen molar-refractivity contribution < 1.29 is 44.5 Å². The van der Waals surface area contributed by atoms with E-state index >= 15 is 0 Å². The van der Waals surface area contributed by atoms with Crippen molar-refractivity contribution in [3.8, 4) is 12.1 Å². The van der Waals surface area contributed by atoms with Crippen LogP contribution in [0.2, 0.25) is 0 Å². The molecular formula is C31H63N3O9P2. The number of nitriles is 2. The zero-order chi connectivity index (χ0) is 35.4. The molecule has 2 saturated heterocycles. The molecular weight excluding hydrogens is 620 g/mol. The number of rotatable bonds is 17. The zero-order valence-corrected chi connectivity index (χ0v) is 30.2. The molecule has 0 aromatic rings. The topological polar surface area (TPSA) is 153 Å². The molecule has 2 aliphatic rings. The van der Waals surface area contributed by atoms with Crippen molar-refractivity contribution >= 4 is 16.3 Å². The van der Waals surface area contributed by atoms with Gasteiger partial charge in [-0.2, -0.15) is 10.5 Å². The van der Waals surface area contributed by atoms with Gasteiger partial charge in [0.05, 0.1) is 71.5 Å². The molecule has 0 radical (unpaired) electrons. The molecule has 45 heavy (non-hydrogen) atoms. The Balaban J connectivity index is 0. The van der Waals surface area contributed by atoms with Gasteiger partial charge in [0.2, 0.25) is 0 Å². The summed E-state index contributed by atoms with van der Waals surface area (Å²) in [7, 11) is -5.00. The van der Waals surface area contributed by atoms with E-state index in [1.165, 1.54) is 0 Å². The zero-order valence-electron chi connectivity index (χ0n) is 30.4. The van der Waals surface area contributed by atoms with E-state index in [1.54, 1.807) is 27.7 Å². The lowest BCUT2D eigenvalue weighted by atomic mass is 10.1. The molecule has 1 N–H and O–H groups in total. The van der Waals surface area contributed by atoms with Crippen LogP contribution in [-0.4, -0.2) is 84.9 Å². The van der Waals surface area contributed by atoms with Crippen molar-refractivity contribution in [1.29, 1.82) is 10.5 Å². The smallest absolute Gasteiger partial charge is 0.394 e. The van der Waals surface area contributed by atoms with Crippen molar-refractivity contribution in [2.24, 2.45) is 0 Å². The second kappa shape index (κ2) is 26.3. The Morgan fingerprint density at radius 1 is 0.933 bits per heavy atom. The second-order valence-electron chi connectivity index (χ2n) is 11.2. The number of aliphatic hydroxyl groups is 1. The molecule has 0 amide bonds. The van der Waals surface area contributed by atoms with Crippen LogP contribution in [0.4, 0.5) is 0 Å². The highest BCUT2D eigenvalue weighted by atomic mass is 31.2. The first-order valence-corrected chi connectivity index (χ1v) is 18.2. The summed E-state index contributed by atoms with van der Waals surface area (Å²) in [6, 6.07) is 4.56. The van der Waals surface area contributed by atoms with Crippen LogP contribution in [0.5, 0.6) is 0 Å². The number of hydrogen-bond donors (Lipinski definition) is 1. The number of hydrogen-bond acceptors (Lipinski definition) is 12. The standard InChI is InChI=1S/C15H29N2O3P.C12H22NO5P.C3H8O.CH4/c1-6-14-15(8-11-18-14)20-21(19-10-7-9-16)17(12(2)3)13(4)5;1-4-11-12(6-9-15-11)18-19(14,17-10(2)3)16-8-5-7-13;1-3(2)4;/h12-15H,6-8,10-11H2,1-5H3;10-12H,4-6,8-9H2,1-3H3;3-4H,1-2H3;1H4/i11T;9T;;. The molecule has 266 valence electrons. The van der Waals surface area contributed by atoms with E-state index in [0.29, 0.717) is 32.3 Å². The van der Waals surface area contributed by atoms with Gasteiger partial charge in [-0.15, -0.1) is 0 Å². The highest BCUT2D eigenvalue weighted by molar-refractivity contribution is 7.48. The monoisotopic (exact) mass is 687 g/mol. The molecule has 0 aromatic carbocycles. The van der Waals surface area contributed by atoms with Crippen LogP contribution in [0.25, 0.3) is 0 Å². The summed E-state index contributed by atoms with van der Waals surface area (Å²) in [6.07, 6.45) is 1.39. The van der Waals surface area contributed by atoms with Gasteiger partial charge in [0.25, 0.3) is 8.53 Å². The Labute approximate surface area is 278 Å². The van der Waals surface area contributed by atoms with Gasteiger partial charge in [0, 0.05) is 37.8 Å². The van der Waals surface area contributed by atoms with Gasteiger partial charge in [-0.3, -0.25) is 13.6 Å². The first-order chi connectivity index (χ1) is 21.5. The number of ether oxygens (including phenoxy) is 2. The number of nitrogens with zero attached hydrogens (tertiary/aromatic N) is 3. The molecule has 8 unspecified atom stereocenters. The molecule has 0 aliphatic carbocycles. The Morgan fingerprint density at radius 3 is 1.84 bits per heavy atom. The third kappa shape index (κ3) is 20.3. The van der Waals surface area contributed by atoms with Crippen molar-refractivity contribution in [1.82, 2.24) is 4.67 Å². The first kappa shape index (κ1) is 42.3. The minimum Gasteiger partial charge on any atom is -0.394 e. The maximum absolute atomic E-state index is 12.5. The Kier molecular flexibility index (Phi) is 24.7. The molecule has 2 fully saturated rings. The van der Waals surface area contributed by atoms with Crippen LogP contribution in [-0.2, 0) is 36.7 Å². The average molecular weight is 688 g/mol. The van der Waals surface area contributed by atoms with E-state index < -0.39 is 35.6 Å². The van der Waals surface area contributed by atoms with Gasteiger partial charge < -0.3 is 23.6 Å². The summed E-state index contributed by atoms with van der Waals surface area (Å²) < 4.78 is 69.1. The summed E-state index contributed by atoms with van der Waals surface area (Å²) in [5, 5.41) is 25.3. The first-order valence-electron chi connectivity index (χ1n) is 16.8. The van der Waals surface area contributed by atoms with E-state index in [0.717, 1.165) is 6.42 Å². The normalized spacial score (nSPS) is 27.0. The lowest BCUT2D eigenvalue weighted by Gasteiger charge is -2.37. The maximum atomic E-state index is 12.5. The summed E-state index contributed by atoms with van der Waals surface area (Å²) >= 11 is 0. The molecule has 0 saturated carbocycles. The number of aliphatic hydroxyl groups excluding tert-OH is 1. The summed E-state index contributed by atoms with van der Waals surface area (Å²) in [5.41, 5.74) is 0. The molecule has 2 heterocycles. The fourth-order valence-corrected chi connectivity index (χ4v) is 7.40. The van der Waals surface area contributed by atoms with Crippen molar-refractivity contribution in [3.63, 3.8) is 0 Å². The number of phosphoric ester groups is 1. The third-order valence-corrected chi connectivity index (χ3v) is 9.65. The van der Waals surface area contributed by atoms with Crippen molar-refractivity contribution in [2.75, 3.05) is 26.4 Å². The molecule has 2 rings (SSSR count). The van der Waals surface area contributed by atoms with Gasteiger partial charge in [-0.25, -0.2) is 9.24 Å². The lowest BCUT2D eigenvalue weighted by Crippen LogP contribution is -2.35. The Hall–Kier alpha value is -0.720. The van der Waals surface area contributed by atoms with Gasteiger partial charge in [-0.1, -0.05) is 21.3 Å². The largest absolute Gasteiger partial charge is 0.475 e. The van der Waals surface area contributed by atoms with E-state index in [-0.39, 0.29) is 63.1 Å². The minimum atomic E-state index is -3.75. The Bertz CT molecular complexity index is 930. The molecule has 8 atom stereocenters. The van der Waals surface area contributed by atoms with Crippen molar-refractivity contribution in [3.05, 3.63) is 0 Å². The maximum Gasteiger partial charge on any atom is 0.475 e. The molecule has 12 nitrogen and oxygen atoms in total. The van der Waals surface area contributed by atoms with E-state index in [4.69, 9.17) is 50.5 Å². The Morgan fingerprint density at radius 2 is 1.40 bits per heavy atom. The fourth-order valence-electron chi connectivity index (χ4n) is 4.09. The van der Waals surface area contributed by atoms with E-state index in [2.05, 4.69) is 38.4 Å². The van der Waals surface area contributed by atoms with Crippen LogP contribution in [0, 0.1) is 22.7 Å². The van der Waals surface area contributed by atoms with Crippen LogP contribution in [0.3, 0.4) is 0 Å². The van der Waals surface area contributed by atoms with Crippen molar-refractivity contribution in [2.45, 2.75) is 164 Å². The minimum absolute atomic E-state index is 0. The van der Waals surface area contributed by atoms with Gasteiger partial charge in [0.1, 0.15) is 0 Å². The number of phosphoric acid groups is 1. The SMILES string of the molecule is C.CC(C)O.[3H]C1CC(OP(=O)(OCCC#N)OC(C)C)C(CC)O1.[3H]C1CC(OP(OCCC#N)N(C(C)C)C(C)C)C(CC)O1. The molecule has 0 spiro atoms. The molecule has 0 aromatic heterocycles. The summed E-state index contributed by atoms with van der Waals surface area (Å²) in [5.74, 6) is 0. The third-order valence-electron chi connectivity index (χ3n) is 5.79. The van der Waals surface area contributed by atoms with Crippen LogP contribution >= 0.6 is 16.3 Å². The molecule has 14 heteroatoms. The highest BCUT2D eigenvalue weighted by Gasteiger charge is 2.38. The van der Waals surface area contributed by atoms with E-state index in [9.17, 15) is 4.57 Å². The molecule has 2 aliphatic heterocycles. The van der Waals surface area contributed by atoms with Crippen LogP contribution < -0.4 is 0 Å². The predicted octanol–water partition coefficient (Wildman–Crippen LogP) is 7.90. The fraction of sp³-hybridized carbons (Fsp3) is 0.935.